The van der Waals surface area contributed by atoms with Crippen molar-refractivity contribution in [1.29, 1.82) is 0 Å². The van der Waals surface area contributed by atoms with E-state index in [0.29, 0.717) is 16.9 Å². The van der Waals surface area contributed by atoms with Gasteiger partial charge in [-0.3, -0.25) is 28.0 Å². The van der Waals surface area contributed by atoms with E-state index in [2.05, 4.69) is 24.9 Å². The Balaban J connectivity index is 1.14. The summed E-state index contributed by atoms with van der Waals surface area (Å²) in [4.78, 5) is 54.4. The van der Waals surface area contributed by atoms with Crippen molar-refractivity contribution in [2.75, 3.05) is 31.3 Å². The molecule has 4 aliphatic heterocycles. The fraction of sp³-hybridized carbons (Fsp3) is 0.500. The number of aliphatic hydroxyl groups excluding tert-OH is 1. The highest BCUT2D eigenvalue weighted by Crippen LogP contribution is 2.59. The molecule has 0 aromatic carbocycles. The first kappa shape index (κ1) is 31.1. The SMILES string of the molecule is Nc1nc2c(ncn2[C@@H]2S[C@@H]3COP(O)(=S)O[C@H]4[C@H]5OC[C@]4(COP(O)(=S)O[C@@H]2[C@@H]3O)O[C@@H]5n2cnc3c(N)ccnc32)c(=O)[nH]1. The lowest BCUT2D eigenvalue weighted by Crippen LogP contribution is -2.45. The lowest BCUT2D eigenvalue weighted by molar-refractivity contribution is -0.183. The fourth-order valence-corrected chi connectivity index (χ4v) is 10.6. The zero-order valence-electron chi connectivity index (χ0n) is 23.1. The molecule has 8 rings (SSSR count). The van der Waals surface area contributed by atoms with Crippen molar-refractivity contribution in [3.05, 3.63) is 35.3 Å². The van der Waals surface area contributed by atoms with E-state index in [1.807, 2.05) is 0 Å². The van der Waals surface area contributed by atoms with E-state index in [-0.39, 0.29) is 30.3 Å². The molecule has 10 atom stereocenters. The lowest BCUT2D eigenvalue weighted by atomic mass is 10.0. The number of aromatic nitrogens is 7. The maximum absolute atomic E-state index is 12.4. The molecule has 0 aliphatic carbocycles. The van der Waals surface area contributed by atoms with Crippen molar-refractivity contribution >= 4 is 82.8 Å². The number of imidazole rings is 2. The Morgan fingerprint density at radius 2 is 1.78 bits per heavy atom. The van der Waals surface area contributed by atoms with Crippen molar-refractivity contribution in [1.82, 2.24) is 34.1 Å². The van der Waals surface area contributed by atoms with Crippen LogP contribution in [0.5, 0.6) is 0 Å². The second kappa shape index (κ2) is 10.9. The predicted octanol–water partition coefficient (Wildman–Crippen LogP) is -0.379. The third kappa shape index (κ3) is 5.03. The van der Waals surface area contributed by atoms with Gasteiger partial charge in [-0.25, -0.2) is 15.0 Å². The molecule has 4 fully saturated rings. The Labute approximate surface area is 272 Å². The second-order valence-electron chi connectivity index (χ2n) is 11.0. The highest BCUT2D eigenvalue weighted by molar-refractivity contribution is 8.07. The number of fused-ring (bicyclic) bond motifs is 4. The molecule has 4 aromatic rings. The highest BCUT2D eigenvalue weighted by atomic mass is 32.5. The van der Waals surface area contributed by atoms with E-state index in [9.17, 15) is 19.7 Å². The molecule has 8 N–H and O–H groups in total. The summed E-state index contributed by atoms with van der Waals surface area (Å²) in [5.41, 5.74) is 11.2. The smallest absolute Gasteiger partial charge is 0.325 e. The molecule has 19 nitrogen and oxygen atoms in total. The van der Waals surface area contributed by atoms with Crippen LogP contribution in [0, 0.1) is 0 Å². The molecule has 4 saturated heterocycles. The first-order valence-corrected chi connectivity index (χ1v) is 19.7. The van der Waals surface area contributed by atoms with Crippen LogP contribution < -0.4 is 17.0 Å². The Hall–Kier alpha value is -2.14. The Kier molecular flexibility index (Phi) is 7.41. The number of thioether (sulfide) groups is 1. The molecule has 24 heteroatoms. The number of ether oxygens (including phenoxy) is 2. The van der Waals surface area contributed by atoms with Gasteiger partial charge in [-0.05, 0) is 29.7 Å². The quantitative estimate of drug-likeness (QED) is 0.143. The molecule has 0 radical (unpaired) electrons. The van der Waals surface area contributed by atoms with E-state index >= 15 is 0 Å². The third-order valence-electron chi connectivity index (χ3n) is 8.15. The van der Waals surface area contributed by atoms with Gasteiger partial charge in [-0.2, -0.15) is 4.98 Å². The number of nitrogens with one attached hydrogen (secondary N) is 1. The Bertz CT molecular complexity index is 2030. The topological polar surface area (TPSA) is 262 Å². The summed E-state index contributed by atoms with van der Waals surface area (Å²) in [6, 6.07) is 1.62. The number of nitrogen functional groups attached to an aromatic ring is 2. The summed E-state index contributed by atoms with van der Waals surface area (Å²) >= 11 is 12.0. The van der Waals surface area contributed by atoms with E-state index in [1.54, 1.807) is 10.6 Å². The minimum atomic E-state index is -4.14. The van der Waals surface area contributed by atoms with Gasteiger partial charge in [-0.1, -0.05) is 0 Å². The number of H-pyrrole nitrogens is 1. The summed E-state index contributed by atoms with van der Waals surface area (Å²) < 4.78 is 39.2. The zero-order chi connectivity index (χ0) is 32.2. The minimum absolute atomic E-state index is 0.00601. The van der Waals surface area contributed by atoms with Crippen LogP contribution in [-0.4, -0.2) is 104 Å². The van der Waals surface area contributed by atoms with Crippen LogP contribution in [0.4, 0.5) is 11.6 Å². The maximum Gasteiger partial charge on any atom is 0.325 e. The van der Waals surface area contributed by atoms with Crippen LogP contribution >= 0.6 is 25.2 Å². The van der Waals surface area contributed by atoms with Gasteiger partial charge in [0.1, 0.15) is 34.8 Å². The van der Waals surface area contributed by atoms with Gasteiger partial charge in [0.25, 0.3) is 5.56 Å². The van der Waals surface area contributed by atoms with Crippen LogP contribution in [0.15, 0.2) is 29.7 Å². The average molecular weight is 734 g/mol. The van der Waals surface area contributed by atoms with E-state index in [0.717, 1.165) is 11.8 Å². The number of nitrogens with two attached hydrogens (primary N) is 2. The summed E-state index contributed by atoms with van der Waals surface area (Å²) in [6.07, 6.45) is -0.968. The minimum Gasteiger partial charge on any atom is -0.397 e. The molecule has 4 aromatic heterocycles. The number of nitrogens with zero attached hydrogens (tertiary/aromatic N) is 6. The molecule has 4 bridgehead atoms. The number of aliphatic hydroxyl groups is 1. The van der Waals surface area contributed by atoms with Crippen molar-refractivity contribution in [3.63, 3.8) is 0 Å². The van der Waals surface area contributed by atoms with Crippen LogP contribution in [0.3, 0.4) is 0 Å². The molecular weight excluding hydrogens is 708 g/mol. The molecule has 8 heterocycles. The predicted molar refractivity (Wildman–Crippen MR) is 168 cm³/mol. The Morgan fingerprint density at radius 3 is 2.61 bits per heavy atom. The molecule has 0 amide bonds. The standard InChI is InChI=1S/C22H25N9O10P2S3/c23-8-1-2-25-16-10(8)26-6-30(16)19-14-15-22(39-19,4-36-14)5-38-43(35,45)40-13-12(32)9(3-37-42(34,44)41-15)46-20(13)31-7-27-11-17(31)28-21(24)29-18(11)33/h1-2,6-7,9,12-15,19-20,32H,3-5H2,(H2,23,25)(H,34,44)(H,35,45)(H3,24,28,29,33)/t9-,12-,13-,14-,15+,19+,20-,22-,42?,43?/m1/s1. The van der Waals surface area contributed by atoms with E-state index in [4.69, 9.17) is 62.6 Å². The van der Waals surface area contributed by atoms with Crippen LogP contribution in [0.25, 0.3) is 22.3 Å². The summed E-state index contributed by atoms with van der Waals surface area (Å²) in [5, 5.41) is 9.71. The maximum atomic E-state index is 12.4. The van der Waals surface area contributed by atoms with Crippen LogP contribution in [0.2, 0.25) is 0 Å². The zero-order valence-corrected chi connectivity index (χ0v) is 27.4. The van der Waals surface area contributed by atoms with Gasteiger partial charge in [0.05, 0.1) is 49.5 Å². The molecule has 4 aliphatic rings. The van der Waals surface area contributed by atoms with Crippen molar-refractivity contribution in [3.8, 4) is 0 Å². The van der Waals surface area contributed by atoms with E-state index < -0.39 is 72.5 Å². The number of hydrogen-bond acceptors (Lipinski definition) is 17. The highest BCUT2D eigenvalue weighted by Gasteiger charge is 2.65. The van der Waals surface area contributed by atoms with Crippen LogP contribution in [0.1, 0.15) is 11.6 Å². The molecule has 2 unspecified atom stereocenters. The molecule has 46 heavy (non-hydrogen) atoms. The van der Waals surface area contributed by atoms with Gasteiger partial charge in [-0.15, -0.1) is 11.8 Å². The normalized spacial score (nSPS) is 39.7. The van der Waals surface area contributed by atoms with Crippen molar-refractivity contribution in [2.24, 2.45) is 0 Å². The first-order valence-electron chi connectivity index (χ1n) is 13.6. The Morgan fingerprint density at radius 1 is 1.02 bits per heavy atom. The first-order chi connectivity index (χ1) is 21.8. The number of anilines is 2. The van der Waals surface area contributed by atoms with Crippen molar-refractivity contribution < 1.29 is 42.5 Å². The summed E-state index contributed by atoms with van der Waals surface area (Å²) in [6.45, 7) is -8.96. The number of aromatic amines is 1. The number of rotatable bonds is 2. The van der Waals surface area contributed by atoms with Gasteiger partial charge >= 0.3 is 13.4 Å². The van der Waals surface area contributed by atoms with Crippen LogP contribution in [-0.2, 0) is 51.2 Å². The van der Waals surface area contributed by atoms with Gasteiger partial charge in [0.15, 0.2) is 23.0 Å². The molecular formula is C22H25N9O10P2S3. The monoisotopic (exact) mass is 733 g/mol. The number of hydrogen-bond donors (Lipinski definition) is 6. The largest absolute Gasteiger partial charge is 0.397 e. The van der Waals surface area contributed by atoms with Gasteiger partial charge in [0, 0.05) is 6.20 Å². The van der Waals surface area contributed by atoms with Gasteiger partial charge in [0.2, 0.25) is 5.95 Å². The number of pyridine rings is 1. The lowest BCUT2D eigenvalue weighted by Gasteiger charge is -2.33. The second-order valence-corrected chi connectivity index (χ2v) is 17.9. The van der Waals surface area contributed by atoms with Gasteiger partial charge < -0.3 is 44.9 Å². The van der Waals surface area contributed by atoms with E-state index in [1.165, 1.54) is 23.4 Å². The van der Waals surface area contributed by atoms with Crippen molar-refractivity contribution in [2.45, 2.75) is 46.9 Å². The third-order valence-corrected chi connectivity index (χ3v) is 12.8. The molecule has 246 valence electrons. The summed E-state index contributed by atoms with van der Waals surface area (Å²) in [5.74, 6) is -0.153. The molecule has 0 saturated carbocycles. The fourth-order valence-electron chi connectivity index (χ4n) is 6.05. The molecule has 0 spiro atoms. The summed E-state index contributed by atoms with van der Waals surface area (Å²) in [7, 11) is 0. The average Bonchev–Trinajstić information content (AvgIpc) is 3.80.